The van der Waals surface area contributed by atoms with Crippen molar-refractivity contribution in [2.75, 3.05) is 19.6 Å². The van der Waals surface area contributed by atoms with E-state index in [-0.39, 0.29) is 0 Å². The molecule has 1 nitrogen and oxygen atoms in total. The lowest BCUT2D eigenvalue weighted by Crippen LogP contribution is -2.31. The molecule has 1 fully saturated rings. The monoisotopic (exact) mass is 421 g/mol. The van der Waals surface area contributed by atoms with Gasteiger partial charge < -0.3 is 4.90 Å². The molecule has 0 N–H and O–H groups in total. The van der Waals surface area contributed by atoms with Gasteiger partial charge in [0.15, 0.2) is 0 Å². The fourth-order valence-corrected chi connectivity index (χ4v) is 4.55. The van der Waals surface area contributed by atoms with Gasteiger partial charge in [-0.1, -0.05) is 117 Å². The van der Waals surface area contributed by atoms with E-state index in [9.17, 15) is 0 Å². The lowest BCUT2D eigenvalue weighted by molar-refractivity contribution is 0.262. The van der Waals surface area contributed by atoms with Crippen molar-refractivity contribution in [2.45, 2.75) is 39.0 Å². The molecule has 0 unspecified atom stereocenters. The van der Waals surface area contributed by atoms with E-state index in [2.05, 4.69) is 116 Å². The Balaban J connectivity index is 1.35. The number of nitrogens with zero attached hydrogens (tertiary/aromatic N) is 1. The summed E-state index contributed by atoms with van der Waals surface area (Å²) >= 11 is 0. The quantitative estimate of drug-likeness (QED) is 0.376. The standard InChI is InChI=1S/C31H35N/c1-25(2)27-18-16-26(17-19-27)11-9-10-22-32-23-20-30(21-24-32)31(28-12-5-3-6-13-28)29-14-7-4-8-15-29/h3-9,11-19,25H,10,20-24H2,1-2H3/b11-9+. The fourth-order valence-electron chi connectivity index (χ4n) is 4.55. The molecule has 0 amide bonds. The first-order valence-corrected chi connectivity index (χ1v) is 12.0. The molecule has 1 heteroatoms. The third-order valence-corrected chi connectivity index (χ3v) is 6.46. The predicted octanol–water partition coefficient (Wildman–Crippen LogP) is 7.81. The summed E-state index contributed by atoms with van der Waals surface area (Å²) in [6.45, 7) is 7.92. The Hall–Kier alpha value is -2.90. The van der Waals surface area contributed by atoms with Crippen molar-refractivity contribution in [3.8, 4) is 0 Å². The zero-order chi connectivity index (χ0) is 22.2. The molecule has 0 bridgehead atoms. The number of piperidine rings is 1. The highest BCUT2D eigenvalue weighted by Crippen LogP contribution is 2.32. The van der Waals surface area contributed by atoms with Gasteiger partial charge in [0.1, 0.15) is 0 Å². The van der Waals surface area contributed by atoms with Crippen molar-refractivity contribution in [1.29, 1.82) is 0 Å². The normalized spacial score (nSPS) is 14.9. The Bertz CT molecular complexity index is 975. The lowest BCUT2D eigenvalue weighted by atomic mass is 9.88. The molecular formula is C31H35N. The van der Waals surface area contributed by atoms with Gasteiger partial charge in [0, 0.05) is 19.6 Å². The first-order valence-electron chi connectivity index (χ1n) is 12.0. The highest BCUT2D eigenvalue weighted by Gasteiger charge is 2.18. The minimum atomic E-state index is 0.593. The molecule has 0 aliphatic carbocycles. The van der Waals surface area contributed by atoms with Gasteiger partial charge in [0.25, 0.3) is 0 Å². The Kier molecular flexibility index (Phi) is 7.74. The van der Waals surface area contributed by atoms with Gasteiger partial charge in [-0.2, -0.15) is 0 Å². The second-order valence-corrected chi connectivity index (χ2v) is 9.06. The van der Waals surface area contributed by atoms with Gasteiger partial charge in [0.2, 0.25) is 0 Å². The van der Waals surface area contributed by atoms with E-state index in [4.69, 9.17) is 0 Å². The maximum absolute atomic E-state index is 2.61. The third-order valence-electron chi connectivity index (χ3n) is 6.46. The van der Waals surface area contributed by atoms with Crippen LogP contribution in [-0.2, 0) is 0 Å². The molecule has 164 valence electrons. The summed E-state index contributed by atoms with van der Waals surface area (Å²) in [7, 11) is 0. The van der Waals surface area contributed by atoms with E-state index in [1.807, 2.05) is 0 Å². The zero-order valence-corrected chi connectivity index (χ0v) is 19.5. The molecule has 0 radical (unpaired) electrons. The summed E-state index contributed by atoms with van der Waals surface area (Å²) in [5, 5.41) is 0. The van der Waals surface area contributed by atoms with Gasteiger partial charge in [-0.25, -0.2) is 0 Å². The molecule has 1 aliphatic heterocycles. The number of hydrogen-bond acceptors (Lipinski definition) is 1. The van der Waals surface area contributed by atoms with Crippen molar-refractivity contribution >= 4 is 11.6 Å². The van der Waals surface area contributed by atoms with Crippen LogP contribution in [0.5, 0.6) is 0 Å². The Morgan fingerprint density at radius 1 is 0.781 bits per heavy atom. The molecule has 1 heterocycles. The van der Waals surface area contributed by atoms with E-state index < -0.39 is 0 Å². The van der Waals surface area contributed by atoms with E-state index in [0.717, 1.165) is 38.9 Å². The summed E-state index contributed by atoms with van der Waals surface area (Å²) in [4.78, 5) is 2.61. The van der Waals surface area contributed by atoms with Crippen LogP contribution in [0.15, 0.2) is 96.6 Å². The fraction of sp³-hybridized carbons (Fsp3) is 0.290. The lowest BCUT2D eigenvalue weighted by Gasteiger charge is -2.30. The summed E-state index contributed by atoms with van der Waals surface area (Å²) in [6, 6.07) is 30.8. The van der Waals surface area contributed by atoms with Crippen molar-refractivity contribution in [3.63, 3.8) is 0 Å². The van der Waals surface area contributed by atoms with Gasteiger partial charge >= 0.3 is 0 Å². The molecule has 3 aromatic rings. The molecule has 4 rings (SSSR count). The van der Waals surface area contributed by atoms with Crippen LogP contribution >= 0.6 is 0 Å². The molecule has 0 aromatic heterocycles. The topological polar surface area (TPSA) is 3.24 Å². The summed E-state index contributed by atoms with van der Waals surface area (Å²) < 4.78 is 0. The van der Waals surface area contributed by atoms with E-state index in [1.165, 1.54) is 27.8 Å². The Morgan fingerprint density at radius 2 is 1.34 bits per heavy atom. The summed E-state index contributed by atoms with van der Waals surface area (Å²) in [5.41, 5.74) is 8.43. The molecule has 32 heavy (non-hydrogen) atoms. The summed E-state index contributed by atoms with van der Waals surface area (Å²) in [6.07, 6.45) is 8.01. The molecule has 1 saturated heterocycles. The minimum absolute atomic E-state index is 0.593. The SMILES string of the molecule is CC(C)c1ccc(/C=C/CCN2CCC(=C(c3ccccc3)c3ccccc3)CC2)cc1. The number of likely N-dealkylation sites (tertiary alicyclic amines) is 1. The average Bonchev–Trinajstić information content (AvgIpc) is 2.84. The van der Waals surface area contributed by atoms with Crippen LogP contribution in [-0.4, -0.2) is 24.5 Å². The second kappa shape index (κ2) is 11.1. The third kappa shape index (κ3) is 5.87. The molecule has 0 saturated carbocycles. The number of rotatable bonds is 7. The van der Waals surface area contributed by atoms with Crippen molar-refractivity contribution in [3.05, 3.63) is 119 Å². The zero-order valence-electron chi connectivity index (χ0n) is 19.5. The first kappa shape index (κ1) is 22.3. The van der Waals surface area contributed by atoms with Crippen molar-refractivity contribution < 1.29 is 0 Å². The first-order chi connectivity index (χ1) is 15.7. The van der Waals surface area contributed by atoms with Gasteiger partial charge in [0.05, 0.1) is 0 Å². The molecule has 0 atom stereocenters. The average molecular weight is 422 g/mol. The second-order valence-electron chi connectivity index (χ2n) is 9.06. The number of benzene rings is 3. The predicted molar refractivity (Wildman–Crippen MR) is 139 cm³/mol. The van der Waals surface area contributed by atoms with Crippen LogP contribution in [0.25, 0.3) is 11.6 Å². The van der Waals surface area contributed by atoms with Crippen LogP contribution in [0.4, 0.5) is 0 Å². The van der Waals surface area contributed by atoms with Crippen molar-refractivity contribution in [2.24, 2.45) is 0 Å². The van der Waals surface area contributed by atoms with Gasteiger partial charge in [-0.05, 0) is 53.0 Å². The van der Waals surface area contributed by atoms with Crippen LogP contribution in [0.1, 0.15) is 61.3 Å². The molecule has 3 aromatic carbocycles. The van der Waals surface area contributed by atoms with Crippen LogP contribution in [0.2, 0.25) is 0 Å². The Labute approximate surface area is 194 Å². The van der Waals surface area contributed by atoms with Crippen LogP contribution < -0.4 is 0 Å². The Morgan fingerprint density at radius 3 is 1.88 bits per heavy atom. The summed E-state index contributed by atoms with van der Waals surface area (Å²) in [5.74, 6) is 0.593. The van der Waals surface area contributed by atoms with E-state index >= 15 is 0 Å². The maximum Gasteiger partial charge on any atom is 0.00192 e. The molecule has 1 aliphatic rings. The van der Waals surface area contributed by atoms with E-state index in [1.54, 1.807) is 5.57 Å². The smallest absolute Gasteiger partial charge is 0.00192 e. The number of hydrogen-bond donors (Lipinski definition) is 0. The minimum Gasteiger partial charge on any atom is -0.302 e. The van der Waals surface area contributed by atoms with E-state index in [0.29, 0.717) is 5.92 Å². The highest BCUT2D eigenvalue weighted by atomic mass is 15.1. The molecular weight excluding hydrogens is 386 g/mol. The van der Waals surface area contributed by atoms with Gasteiger partial charge in [-0.15, -0.1) is 0 Å². The molecule has 0 spiro atoms. The van der Waals surface area contributed by atoms with Gasteiger partial charge in [-0.3, -0.25) is 0 Å². The van der Waals surface area contributed by atoms with Crippen LogP contribution in [0.3, 0.4) is 0 Å². The van der Waals surface area contributed by atoms with Crippen LogP contribution in [0, 0.1) is 0 Å². The largest absolute Gasteiger partial charge is 0.302 e. The highest BCUT2D eigenvalue weighted by molar-refractivity contribution is 5.82. The van der Waals surface area contributed by atoms with Crippen molar-refractivity contribution in [1.82, 2.24) is 4.90 Å². The maximum atomic E-state index is 2.61.